The zero-order valence-corrected chi connectivity index (χ0v) is 12.2. The molecule has 0 bridgehead atoms. The van der Waals surface area contributed by atoms with Gasteiger partial charge >= 0.3 is 5.97 Å². The van der Waals surface area contributed by atoms with Crippen LogP contribution in [-0.2, 0) is 4.79 Å². The Kier molecular flexibility index (Phi) is 5.82. The van der Waals surface area contributed by atoms with Crippen LogP contribution in [0.2, 0.25) is 0 Å². The molecule has 0 aliphatic rings. The van der Waals surface area contributed by atoms with Gasteiger partial charge < -0.3 is 10.4 Å². The van der Waals surface area contributed by atoms with Crippen molar-refractivity contribution in [2.24, 2.45) is 10.9 Å². The number of aliphatic imine (C=N–C) groups is 1. The van der Waals surface area contributed by atoms with Crippen LogP contribution in [0.3, 0.4) is 0 Å². The van der Waals surface area contributed by atoms with Crippen LogP contribution in [0.4, 0.5) is 14.5 Å². The van der Waals surface area contributed by atoms with E-state index in [1.165, 1.54) is 12.2 Å². The normalized spacial score (nSPS) is 14.0. The van der Waals surface area contributed by atoms with Crippen LogP contribution in [-0.4, -0.2) is 24.0 Å². The fourth-order valence-electron chi connectivity index (χ4n) is 1.61. The molecule has 7 heteroatoms. The Bertz CT molecular complexity index is 526. The third kappa shape index (κ3) is 3.86. The Morgan fingerprint density at radius 3 is 2.45 bits per heavy atom. The number of anilines is 1. The minimum absolute atomic E-state index is 0.240. The zero-order chi connectivity index (χ0) is 15.3. The SMILES string of the molecule is C=NC(Nc1c(F)cc(Br)cc1F)C(/C=C\C)C(=O)O. The fourth-order valence-corrected chi connectivity index (χ4v) is 2.01. The van der Waals surface area contributed by atoms with E-state index in [0.29, 0.717) is 0 Å². The Morgan fingerprint density at radius 2 is 2.05 bits per heavy atom. The highest BCUT2D eigenvalue weighted by Gasteiger charge is 2.26. The molecular weight excluding hydrogens is 334 g/mol. The number of aliphatic carboxylic acids is 1. The number of carboxylic acid groups (broad SMARTS) is 1. The van der Waals surface area contributed by atoms with Crippen molar-refractivity contribution >= 4 is 34.3 Å². The molecule has 0 aromatic heterocycles. The number of carboxylic acids is 1. The first-order chi connectivity index (χ1) is 9.40. The van der Waals surface area contributed by atoms with Crippen molar-refractivity contribution < 1.29 is 18.7 Å². The third-order valence-corrected chi connectivity index (χ3v) is 2.98. The van der Waals surface area contributed by atoms with E-state index in [1.54, 1.807) is 6.92 Å². The van der Waals surface area contributed by atoms with Gasteiger partial charge in [0.25, 0.3) is 0 Å². The largest absolute Gasteiger partial charge is 0.481 e. The van der Waals surface area contributed by atoms with Crippen molar-refractivity contribution in [1.82, 2.24) is 0 Å². The monoisotopic (exact) mass is 346 g/mol. The number of benzene rings is 1. The van der Waals surface area contributed by atoms with E-state index in [0.717, 1.165) is 12.1 Å². The van der Waals surface area contributed by atoms with E-state index < -0.39 is 35.4 Å². The molecule has 2 unspecified atom stereocenters. The van der Waals surface area contributed by atoms with E-state index >= 15 is 0 Å². The van der Waals surface area contributed by atoms with Crippen LogP contribution in [0.25, 0.3) is 0 Å². The Labute approximate surface area is 123 Å². The number of hydrogen-bond acceptors (Lipinski definition) is 3. The van der Waals surface area contributed by atoms with Gasteiger partial charge in [0.15, 0.2) is 0 Å². The molecule has 0 heterocycles. The molecule has 0 fully saturated rings. The maximum absolute atomic E-state index is 13.7. The number of halogens is 3. The predicted molar refractivity (Wildman–Crippen MR) is 77.0 cm³/mol. The molecule has 1 aromatic rings. The van der Waals surface area contributed by atoms with Gasteiger partial charge in [-0.2, -0.15) is 0 Å². The van der Waals surface area contributed by atoms with Gasteiger partial charge in [0, 0.05) is 4.47 Å². The highest BCUT2D eigenvalue weighted by atomic mass is 79.9. The van der Waals surface area contributed by atoms with Crippen LogP contribution in [0.5, 0.6) is 0 Å². The van der Waals surface area contributed by atoms with Gasteiger partial charge in [0.05, 0.1) is 0 Å². The van der Waals surface area contributed by atoms with Crippen molar-refractivity contribution in [2.75, 3.05) is 5.32 Å². The fraction of sp³-hybridized carbons (Fsp3) is 0.231. The molecular formula is C13H13BrF2N2O2. The molecule has 0 aliphatic carbocycles. The second-order valence-corrected chi connectivity index (χ2v) is 4.82. The minimum Gasteiger partial charge on any atom is -0.481 e. The summed E-state index contributed by atoms with van der Waals surface area (Å²) in [4.78, 5) is 14.7. The topological polar surface area (TPSA) is 61.7 Å². The zero-order valence-electron chi connectivity index (χ0n) is 10.6. The van der Waals surface area contributed by atoms with Crippen molar-refractivity contribution in [1.29, 1.82) is 0 Å². The first-order valence-electron chi connectivity index (χ1n) is 5.63. The summed E-state index contributed by atoms with van der Waals surface area (Å²) in [6.07, 6.45) is 1.80. The second kappa shape index (κ2) is 7.14. The first kappa shape index (κ1) is 16.3. The van der Waals surface area contributed by atoms with Crippen molar-refractivity contribution in [2.45, 2.75) is 13.1 Å². The Balaban J connectivity index is 3.11. The number of rotatable bonds is 6. The smallest absolute Gasteiger partial charge is 0.314 e. The van der Waals surface area contributed by atoms with Crippen LogP contribution in [0.1, 0.15) is 6.92 Å². The number of nitrogens with zero attached hydrogens (tertiary/aromatic N) is 1. The van der Waals surface area contributed by atoms with Gasteiger partial charge in [-0.15, -0.1) is 0 Å². The van der Waals surface area contributed by atoms with Crippen LogP contribution in [0, 0.1) is 17.6 Å². The predicted octanol–water partition coefficient (Wildman–Crippen LogP) is 3.44. The minimum atomic E-state index is -1.18. The summed E-state index contributed by atoms with van der Waals surface area (Å²) in [6.45, 7) is 4.89. The Hall–Kier alpha value is -1.76. The van der Waals surface area contributed by atoms with Crippen LogP contribution >= 0.6 is 15.9 Å². The highest BCUT2D eigenvalue weighted by molar-refractivity contribution is 9.10. The molecule has 0 saturated heterocycles. The lowest BCUT2D eigenvalue weighted by atomic mass is 10.1. The van der Waals surface area contributed by atoms with Crippen molar-refractivity contribution in [3.63, 3.8) is 0 Å². The summed E-state index contributed by atoms with van der Waals surface area (Å²) in [7, 11) is 0. The third-order valence-electron chi connectivity index (χ3n) is 2.52. The Morgan fingerprint density at radius 1 is 1.50 bits per heavy atom. The lowest BCUT2D eigenvalue weighted by Gasteiger charge is -2.20. The average Bonchev–Trinajstić information content (AvgIpc) is 2.35. The van der Waals surface area contributed by atoms with Gasteiger partial charge in [-0.25, -0.2) is 8.78 Å². The molecule has 0 saturated carbocycles. The summed E-state index contributed by atoms with van der Waals surface area (Å²) in [6, 6.07) is 2.13. The molecule has 4 nitrogen and oxygen atoms in total. The van der Waals surface area contributed by atoms with Crippen molar-refractivity contribution in [3.8, 4) is 0 Å². The molecule has 20 heavy (non-hydrogen) atoms. The van der Waals surface area contributed by atoms with Crippen molar-refractivity contribution in [3.05, 3.63) is 40.4 Å². The molecule has 2 N–H and O–H groups in total. The number of nitrogens with one attached hydrogen (secondary N) is 1. The maximum Gasteiger partial charge on any atom is 0.314 e. The van der Waals surface area contributed by atoms with Gasteiger partial charge in [-0.05, 0) is 25.8 Å². The highest BCUT2D eigenvalue weighted by Crippen LogP contribution is 2.26. The van der Waals surface area contributed by atoms with Crippen LogP contribution in [0.15, 0.2) is 33.7 Å². The van der Waals surface area contributed by atoms with Gasteiger partial charge in [-0.1, -0.05) is 28.1 Å². The van der Waals surface area contributed by atoms with E-state index in [4.69, 9.17) is 5.11 Å². The molecule has 1 aromatic carbocycles. The van der Waals surface area contributed by atoms with E-state index in [9.17, 15) is 13.6 Å². The standard InChI is InChI=1S/C13H13BrF2N2O2/c1-3-4-8(13(19)20)12(17-2)18-11-9(15)5-7(14)6-10(11)16/h3-6,8,12,18H,2H2,1H3,(H,19,20)/b4-3-. The number of allylic oxidation sites excluding steroid dienone is 1. The number of carbonyl (C=O) groups is 1. The molecule has 1 rings (SSSR count). The van der Waals surface area contributed by atoms with E-state index in [1.807, 2.05) is 0 Å². The summed E-state index contributed by atoms with van der Waals surface area (Å²) < 4.78 is 27.6. The summed E-state index contributed by atoms with van der Waals surface area (Å²) in [5, 5.41) is 11.5. The molecule has 0 spiro atoms. The van der Waals surface area contributed by atoms with Gasteiger partial charge in [-0.3, -0.25) is 9.79 Å². The van der Waals surface area contributed by atoms with Crippen LogP contribution < -0.4 is 5.32 Å². The molecule has 2 atom stereocenters. The summed E-state index contributed by atoms with van der Waals surface area (Å²) in [5.74, 6) is -3.96. The lowest BCUT2D eigenvalue weighted by Crippen LogP contribution is -2.32. The molecule has 0 amide bonds. The van der Waals surface area contributed by atoms with E-state index in [-0.39, 0.29) is 4.47 Å². The van der Waals surface area contributed by atoms with E-state index in [2.05, 4.69) is 33.0 Å². The maximum atomic E-state index is 13.7. The summed E-state index contributed by atoms with van der Waals surface area (Å²) >= 11 is 2.96. The average molecular weight is 347 g/mol. The second-order valence-electron chi connectivity index (χ2n) is 3.91. The quantitative estimate of drug-likeness (QED) is 0.612. The van der Waals surface area contributed by atoms with Gasteiger partial charge in [0.1, 0.15) is 29.4 Å². The molecule has 0 radical (unpaired) electrons. The van der Waals surface area contributed by atoms with Gasteiger partial charge in [0.2, 0.25) is 0 Å². The number of hydrogen-bond donors (Lipinski definition) is 2. The molecule has 0 aliphatic heterocycles. The first-order valence-corrected chi connectivity index (χ1v) is 6.42. The lowest BCUT2D eigenvalue weighted by molar-refractivity contribution is -0.140. The molecule has 108 valence electrons. The summed E-state index contributed by atoms with van der Waals surface area (Å²) in [5.41, 5.74) is -0.443.